The van der Waals surface area contributed by atoms with Gasteiger partial charge in [-0.05, 0) is 23.0 Å². The molecule has 0 saturated carbocycles. The topological polar surface area (TPSA) is 35.2 Å². The van der Waals surface area contributed by atoms with Crippen LogP contribution in [0.5, 0.6) is 5.75 Å². The van der Waals surface area contributed by atoms with E-state index < -0.39 is 6.17 Å². The molecule has 2 N–H and O–H groups in total. The molecule has 0 radical (unpaired) electrons. The van der Waals surface area contributed by atoms with E-state index in [1.165, 1.54) is 11.1 Å². The molecule has 2 nitrogen and oxygen atoms in total. The normalized spacial score (nSPS) is 12.7. The fourth-order valence-corrected chi connectivity index (χ4v) is 2.17. The van der Waals surface area contributed by atoms with Gasteiger partial charge < -0.3 is 10.5 Å². The van der Waals surface area contributed by atoms with Crippen LogP contribution in [0.15, 0.2) is 18.2 Å². The summed E-state index contributed by atoms with van der Waals surface area (Å²) >= 11 is 0. The van der Waals surface area contributed by atoms with Crippen molar-refractivity contribution in [2.45, 2.75) is 66.0 Å². The average Bonchev–Trinajstić information content (AvgIpc) is 2.45. The molecule has 0 bridgehead atoms. The fraction of sp³-hybridized carbons (Fsp3) is 0.667. The van der Waals surface area contributed by atoms with Crippen molar-refractivity contribution < 1.29 is 9.13 Å². The third-order valence-electron chi connectivity index (χ3n) is 3.13. The monoisotopic (exact) mass is 297 g/mol. The van der Waals surface area contributed by atoms with Gasteiger partial charge in [0.15, 0.2) is 0 Å². The van der Waals surface area contributed by atoms with E-state index in [4.69, 9.17) is 10.5 Å². The van der Waals surface area contributed by atoms with Gasteiger partial charge in [-0.1, -0.05) is 60.6 Å². The Bertz CT molecular complexity index is 410. The van der Waals surface area contributed by atoms with E-state index in [2.05, 4.69) is 40.7 Å². The molecule has 1 unspecified atom stereocenters. The van der Waals surface area contributed by atoms with Gasteiger partial charge in [-0.25, -0.2) is 4.39 Å². The minimum absolute atomic E-state index is 0.00399. The van der Waals surface area contributed by atoms with Crippen molar-refractivity contribution in [3.63, 3.8) is 0 Å². The van der Waals surface area contributed by atoms with Gasteiger partial charge in [0.05, 0.1) is 0 Å². The number of nitrogens with two attached hydrogens (primary N) is 1. The van der Waals surface area contributed by atoms with E-state index in [1.54, 1.807) is 0 Å². The SMILES string of the molecule is CC.CC(C)c1c(OCC(F)CN)cccc1C(C)(C)C. The number of rotatable bonds is 5. The molecule has 0 amide bonds. The Morgan fingerprint density at radius 2 is 1.76 bits per heavy atom. The lowest BCUT2D eigenvalue weighted by Crippen LogP contribution is -2.23. The number of benzene rings is 1. The third-order valence-corrected chi connectivity index (χ3v) is 3.13. The van der Waals surface area contributed by atoms with Crippen LogP contribution in [-0.2, 0) is 5.41 Å². The summed E-state index contributed by atoms with van der Waals surface area (Å²) in [6.45, 7) is 14.8. The molecular weight excluding hydrogens is 265 g/mol. The Kier molecular flexibility index (Phi) is 8.57. The van der Waals surface area contributed by atoms with Gasteiger partial charge in [0.25, 0.3) is 0 Å². The summed E-state index contributed by atoms with van der Waals surface area (Å²) in [6, 6.07) is 6.00. The molecule has 0 heterocycles. The van der Waals surface area contributed by atoms with E-state index in [9.17, 15) is 4.39 Å². The largest absolute Gasteiger partial charge is 0.490 e. The molecule has 1 aromatic carbocycles. The van der Waals surface area contributed by atoms with E-state index in [0.29, 0.717) is 5.92 Å². The minimum atomic E-state index is -1.11. The van der Waals surface area contributed by atoms with Gasteiger partial charge in [0.1, 0.15) is 18.5 Å². The second kappa shape index (κ2) is 9.04. The van der Waals surface area contributed by atoms with Gasteiger partial charge in [0.2, 0.25) is 0 Å². The maximum Gasteiger partial charge on any atom is 0.146 e. The zero-order valence-corrected chi connectivity index (χ0v) is 14.7. The first-order valence-electron chi connectivity index (χ1n) is 7.87. The summed E-state index contributed by atoms with van der Waals surface area (Å²) in [7, 11) is 0. The smallest absolute Gasteiger partial charge is 0.146 e. The summed E-state index contributed by atoms with van der Waals surface area (Å²) in [5.41, 5.74) is 7.74. The predicted molar refractivity (Wildman–Crippen MR) is 90.0 cm³/mol. The molecule has 1 aromatic rings. The second-order valence-corrected chi connectivity index (χ2v) is 6.27. The molecule has 0 aliphatic carbocycles. The van der Waals surface area contributed by atoms with Gasteiger partial charge >= 0.3 is 0 Å². The summed E-state index contributed by atoms with van der Waals surface area (Å²) in [6.07, 6.45) is -1.11. The van der Waals surface area contributed by atoms with Crippen LogP contribution in [0.4, 0.5) is 4.39 Å². The molecule has 0 aromatic heterocycles. The Labute approximate surface area is 129 Å². The zero-order chi connectivity index (χ0) is 16.6. The van der Waals surface area contributed by atoms with Crippen molar-refractivity contribution in [3.05, 3.63) is 29.3 Å². The minimum Gasteiger partial charge on any atom is -0.490 e. The van der Waals surface area contributed by atoms with E-state index >= 15 is 0 Å². The van der Waals surface area contributed by atoms with Gasteiger partial charge in [-0.2, -0.15) is 0 Å². The quantitative estimate of drug-likeness (QED) is 0.846. The molecule has 122 valence electrons. The van der Waals surface area contributed by atoms with Crippen LogP contribution < -0.4 is 10.5 Å². The van der Waals surface area contributed by atoms with E-state index in [-0.39, 0.29) is 18.6 Å². The summed E-state index contributed by atoms with van der Waals surface area (Å²) in [5, 5.41) is 0. The van der Waals surface area contributed by atoms with E-state index in [1.807, 2.05) is 26.0 Å². The van der Waals surface area contributed by atoms with Crippen LogP contribution in [0.2, 0.25) is 0 Å². The molecule has 3 heteroatoms. The van der Waals surface area contributed by atoms with Crippen LogP contribution in [0, 0.1) is 0 Å². The van der Waals surface area contributed by atoms with Crippen LogP contribution in [0.1, 0.15) is 65.5 Å². The van der Waals surface area contributed by atoms with Crippen molar-refractivity contribution >= 4 is 0 Å². The molecule has 0 aliphatic rings. The number of halogens is 1. The zero-order valence-electron chi connectivity index (χ0n) is 14.7. The van der Waals surface area contributed by atoms with Crippen LogP contribution in [-0.4, -0.2) is 19.3 Å². The molecular formula is C18H32FNO. The first-order valence-corrected chi connectivity index (χ1v) is 7.87. The molecule has 21 heavy (non-hydrogen) atoms. The predicted octanol–water partition coefficient (Wildman–Crippen LogP) is 4.81. The Morgan fingerprint density at radius 1 is 1.19 bits per heavy atom. The molecule has 0 spiro atoms. The number of alkyl halides is 1. The van der Waals surface area contributed by atoms with Crippen molar-refractivity contribution in [3.8, 4) is 5.75 Å². The van der Waals surface area contributed by atoms with Crippen LogP contribution in [0.3, 0.4) is 0 Å². The first-order chi connectivity index (χ1) is 9.77. The summed E-state index contributed by atoms with van der Waals surface area (Å²) in [4.78, 5) is 0. The molecule has 0 fully saturated rings. The van der Waals surface area contributed by atoms with Crippen molar-refractivity contribution in [1.82, 2.24) is 0 Å². The van der Waals surface area contributed by atoms with Crippen LogP contribution >= 0.6 is 0 Å². The average molecular weight is 297 g/mol. The fourth-order valence-electron chi connectivity index (χ4n) is 2.17. The van der Waals surface area contributed by atoms with Crippen molar-refractivity contribution in [1.29, 1.82) is 0 Å². The van der Waals surface area contributed by atoms with Gasteiger partial charge in [-0.15, -0.1) is 0 Å². The lowest BCUT2D eigenvalue weighted by atomic mass is 9.80. The molecule has 0 saturated heterocycles. The summed E-state index contributed by atoms with van der Waals surface area (Å²) < 4.78 is 18.9. The maximum absolute atomic E-state index is 13.2. The Hall–Kier alpha value is -1.09. The highest BCUT2D eigenvalue weighted by Gasteiger charge is 2.22. The number of hydrogen-bond donors (Lipinski definition) is 1. The lowest BCUT2D eigenvalue weighted by Gasteiger charge is -2.27. The highest BCUT2D eigenvalue weighted by atomic mass is 19.1. The lowest BCUT2D eigenvalue weighted by molar-refractivity contribution is 0.199. The molecule has 1 rings (SSSR count). The maximum atomic E-state index is 13.2. The van der Waals surface area contributed by atoms with E-state index in [0.717, 1.165) is 5.75 Å². The van der Waals surface area contributed by atoms with Gasteiger partial charge in [0, 0.05) is 12.1 Å². The van der Waals surface area contributed by atoms with Crippen molar-refractivity contribution in [2.24, 2.45) is 5.73 Å². The van der Waals surface area contributed by atoms with Crippen LogP contribution in [0.25, 0.3) is 0 Å². The molecule has 1 atom stereocenters. The Balaban J connectivity index is 0.00000191. The third kappa shape index (κ3) is 6.04. The second-order valence-electron chi connectivity index (χ2n) is 6.27. The number of hydrogen-bond acceptors (Lipinski definition) is 2. The van der Waals surface area contributed by atoms with Crippen molar-refractivity contribution in [2.75, 3.05) is 13.2 Å². The highest BCUT2D eigenvalue weighted by Crippen LogP contribution is 2.36. The first kappa shape index (κ1) is 19.9. The number of ether oxygens (including phenoxy) is 1. The Morgan fingerprint density at radius 3 is 2.19 bits per heavy atom. The standard InChI is InChI=1S/C16H26FNO.C2H6/c1-11(2)15-13(16(3,4)5)7-6-8-14(15)19-10-12(17)9-18;1-2/h6-8,11-12H,9-10,18H2,1-5H3;1-2H3. The summed E-state index contributed by atoms with van der Waals surface area (Å²) in [5.74, 6) is 1.11. The van der Waals surface area contributed by atoms with Gasteiger partial charge in [-0.3, -0.25) is 0 Å². The molecule has 0 aliphatic heterocycles. The highest BCUT2D eigenvalue weighted by molar-refractivity contribution is 5.45.